The average molecular weight is 378 g/mol. The molecule has 5 nitrogen and oxygen atoms in total. The van der Waals surface area contributed by atoms with E-state index in [1.54, 1.807) is 23.0 Å². The smallest absolute Gasteiger partial charge is 0.315 e. The first-order valence-electron chi connectivity index (χ1n) is 9.58. The van der Waals surface area contributed by atoms with Crippen molar-refractivity contribution in [1.82, 2.24) is 20.4 Å². The van der Waals surface area contributed by atoms with Gasteiger partial charge in [-0.3, -0.25) is 0 Å². The van der Waals surface area contributed by atoms with Gasteiger partial charge in [0.05, 0.1) is 11.7 Å². The van der Waals surface area contributed by atoms with Crippen LogP contribution in [0.4, 0.5) is 9.18 Å². The van der Waals surface area contributed by atoms with Gasteiger partial charge in [0.25, 0.3) is 0 Å². The van der Waals surface area contributed by atoms with E-state index in [4.69, 9.17) is 0 Å². The summed E-state index contributed by atoms with van der Waals surface area (Å²) in [7, 11) is 0. The molecule has 1 aliphatic carbocycles. The van der Waals surface area contributed by atoms with Crippen LogP contribution in [-0.4, -0.2) is 15.8 Å². The summed E-state index contributed by atoms with van der Waals surface area (Å²) in [6.45, 7) is 0.418. The summed E-state index contributed by atoms with van der Waals surface area (Å²) in [4.78, 5) is 12.5. The van der Waals surface area contributed by atoms with Crippen LogP contribution in [-0.2, 0) is 6.54 Å². The Kier molecular flexibility index (Phi) is 5.37. The van der Waals surface area contributed by atoms with E-state index in [0.717, 1.165) is 29.7 Å². The van der Waals surface area contributed by atoms with Crippen LogP contribution >= 0.6 is 0 Å². The molecule has 0 bridgehead atoms. The van der Waals surface area contributed by atoms with Gasteiger partial charge < -0.3 is 10.6 Å². The Morgan fingerprint density at radius 2 is 2.00 bits per heavy atom. The molecule has 0 aliphatic heterocycles. The van der Waals surface area contributed by atoms with Crippen LogP contribution < -0.4 is 10.6 Å². The van der Waals surface area contributed by atoms with E-state index in [-0.39, 0.29) is 17.9 Å². The Bertz CT molecular complexity index is 920. The minimum absolute atomic E-state index is 0.0928. The Hall–Kier alpha value is -3.15. The van der Waals surface area contributed by atoms with Gasteiger partial charge in [0.2, 0.25) is 0 Å². The van der Waals surface area contributed by atoms with Gasteiger partial charge in [0, 0.05) is 18.9 Å². The second kappa shape index (κ2) is 8.25. The summed E-state index contributed by atoms with van der Waals surface area (Å²) in [6.07, 6.45) is 6.94. The van der Waals surface area contributed by atoms with Gasteiger partial charge in [-0.25, -0.2) is 13.9 Å². The highest BCUT2D eigenvalue weighted by atomic mass is 19.1. The maximum atomic E-state index is 13.2. The van der Waals surface area contributed by atoms with E-state index in [0.29, 0.717) is 12.5 Å². The summed E-state index contributed by atoms with van der Waals surface area (Å²) < 4.78 is 15.0. The molecule has 28 heavy (non-hydrogen) atoms. The molecular formula is C22H23FN4O. The van der Waals surface area contributed by atoms with Crippen molar-refractivity contribution >= 4 is 6.03 Å². The highest BCUT2D eigenvalue weighted by molar-refractivity contribution is 5.74. The standard InChI is InChI=1S/C22H23FN4O/c23-19-10-8-18(9-11-19)21(17-5-2-6-17)26-22(28)24-15-16-4-1-7-20(14-16)27-13-3-12-25-27/h1,3-4,7-14,17,21H,2,5-6,15H2,(H2,24,26,28). The maximum Gasteiger partial charge on any atom is 0.315 e. The second-order valence-corrected chi connectivity index (χ2v) is 7.17. The fourth-order valence-electron chi connectivity index (χ4n) is 3.52. The van der Waals surface area contributed by atoms with Crippen molar-refractivity contribution in [3.63, 3.8) is 0 Å². The third-order valence-corrected chi connectivity index (χ3v) is 5.27. The third kappa shape index (κ3) is 4.22. The number of carbonyl (C=O) groups excluding carboxylic acids is 1. The van der Waals surface area contributed by atoms with Crippen LogP contribution in [0.25, 0.3) is 5.69 Å². The number of aromatic nitrogens is 2. The first kappa shape index (κ1) is 18.2. The summed E-state index contributed by atoms with van der Waals surface area (Å²) in [5.74, 6) is 0.136. The number of halogens is 1. The fraction of sp³-hybridized carbons (Fsp3) is 0.273. The first-order valence-corrected chi connectivity index (χ1v) is 9.58. The van der Waals surface area contributed by atoms with E-state index >= 15 is 0 Å². The quantitative estimate of drug-likeness (QED) is 0.670. The number of hydrogen-bond donors (Lipinski definition) is 2. The van der Waals surface area contributed by atoms with Gasteiger partial charge in [-0.1, -0.05) is 30.7 Å². The number of carbonyl (C=O) groups is 1. The fourth-order valence-corrected chi connectivity index (χ4v) is 3.52. The average Bonchev–Trinajstić information content (AvgIpc) is 3.20. The SMILES string of the molecule is O=C(NCc1cccc(-n2cccn2)c1)NC(c1ccc(F)cc1)C1CCC1. The van der Waals surface area contributed by atoms with Crippen LogP contribution in [0, 0.1) is 11.7 Å². The lowest BCUT2D eigenvalue weighted by molar-refractivity contribution is 0.207. The number of benzene rings is 2. The number of nitrogens with one attached hydrogen (secondary N) is 2. The van der Waals surface area contributed by atoms with Gasteiger partial charge in [-0.2, -0.15) is 5.10 Å². The Balaban J connectivity index is 1.39. The van der Waals surface area contributed by atoms with Gasteiger partial charge in [0.15, 0.2) is 0 Å². The van der Waals surface area contributed by atoms with Gasteiger partial charge in [-0.05, 0) is 60.2 Å². The maximum absolute atomic E-state index is 13.2. The van der Waals surface area contributed by atoms with E-state index < -0.39 is 0 Å². The Morgan fingerprint density at radius 3 is 2.68 bits per heavy atom. The van der Waals surface area contributed by atoms with E-state index in [1.165, 1.54) is 18.6 Å². The molecule has 1 fully saturated rings. The van der Waals surface area contributed by atoms with Crippen molar-refractivity contribution < 1.29 is 9.18 Å². The summed E-state index contributed by atoms with van der Waals surface area (Å²) in [6, 6.07) is 15.8. The molecule has 1 aliphatic rings. The van der Waals surface area contributed by atoms with E-state index in [1.807, 2.05) is 36.5 Å². The highest BCUT2D eigenvalue weighted by Crippen LogP contribution is 2.37. The van der Waals surface area contributed by atoms with Crippen molar-refractivity contribution in [2.75, 3.05) is 0 Å². The van der Waals surface area contributed by atoms with Gasteiger partial charge in [-0.15, -0.1) is 0 Å². The first-order chi connectivity index (χ1) is 13.7. The predicted molar refractivity (Wildman–Crippen MR) is 105 cm³/mol. The highest BCUT2D eigenvalue weighted by Gasteiger charge is 2.29. The van der Waals surface area contributed by atoms with Crippen molar-refractivity contribution in [3.05, 3.63) is 83.9 Å². The number of urea groups is 1. The molecular weight excluding hydrogens is 355 g/mol. The molecule has 0 radical (unpaired) electrons. The number of amides is 2. The van der Waals surface area contributed by atoms with Crippen LogP contribution in [0.1, 0.15) is 36.4 Å². The number of hydrogen-bond acceptors (Lipinski definition) is 2. The number of rotatable bonds is 6. The lowest BCUT2D eigenvalue weighted by Gasteiger charge is -2.34. The molecule has 1 aromatic heterocycles. The van der Waals surface area contributed by atoms with Crippen molar-refractivity contribution in [2.45, 2.75) is 31.8 Å². The summed E-state index contributed by atoms with van der Waals surface area (Å²) in [5.41, 5.74) is 2.88. The monoisotopic (exact) mass is 378 g/mol. The molecule has 0 saturated heterocycles. The summed E-state index contributed by atoms with van der Waals surface area (Å²) in [5, 5.41) is 10.2. The van der Waals surface area contributed by atoms with Crippen molar-refractivity contribution in [1.29, 1.82) is 0 Å². The Morgan fingerprint density at radius 1 is 1.18 bits per heavy atom. The van der Waals surface area contributed by atoms with E-state index in [2.05, 4.69) is 15.7 Å². The molecule has 144 valence electrons. The summed E-state index contributed by atoms with van der Waals surface area (Å²) >= 11 is 0. The predicted octanol–water partition coefficient (Wildman–Crippen LogP) is 4.35. The molecule has 4 rings (SSSR count). The van der Waals surface area contributed by atoms with Crippen LogP contribution in [0.5, 0.6) is 0 Å². The van der Waals surface area contributed by atoms with Crippen molar-refractivity contribution in [3.8, 4) is 5.69 Å². The van der Waals surface area contributed by atoms with Gasteiger partial charge in [0.1, 0.15) is 5.82 Å². The van der Waals surface area contributed by atoms with Crippen LogP contribution in [0.15, 0.2) is 67.0 Å². The van der Waals surface area contributed by atoms with Crippen LogP contribution in [0.3, 0.4) is 0 Å². The topological polar surface area (TPSA) is 59.0 Å². The molecule has 2 N–H and O–H groups in total. The number of nitrogens with zero attached hydrogens (tertiary/aromatic N) is 2. The van der Waals surface area contributed by atoms with E-state index in [9.17, 15) is 9.18 Å². The normalized spacial score (nSPS) is 14.9. The zero-order chi connectivity index (χ0) is 19.3. The molecule has 0 spiro atoms. The lowest BCUT2D eigenvalue weighted by Crippen LogP contribution is -2.41. The third-order valence-electron chi connectivity index (χ3n) is 5.27. The minimum atomic E-state index is -0.266. The molecule has 3 aromatic rings. The lowest BCUT2D eigenvalue weighted by atomic mass is 9.77. The van der Waals surface area contributed by atoms with Crippen LogP contribution in [0.2, 0.25) is 0 Å². The Labute approximate surface area is 163 Å². The van der Waals surface area contributed by atoms with Gasteiger partial charge >= 0.3 is 6.03 Å². The molecule has 6 heteroatoms. The second-order valence-electron chi connectivity index (χ2n) is 7.17. The molecule has 1 heterocycles. The molecule has 1 atom stereocenters. The minimum Gasteiger partial charge on any atom is -0.334 e. The zero-order valence-electron chi connectivity index (χ0n) is 15.5. The zero-order valence-corrected chi connectivity index (χ0v) is 15.5. The molecule has 1 unspecified atom stereocenters. The van der Waals surface area contributed by atoms with Crippen molar-refractivity contribution in [2.24, 2.45) is 5.92 Å². The molecule has 1 saturated carbocycles. The largest absolute Gasteiger partial charge is 0.334 e. The molecule has 2 amide bonds. The molecule has 2 aromatic carbocycles.